The first-order valence-electron chi connectivity index (χ1n) is 14.0. The lowest BCUT2D eigenvalue weighted by Gasteiger charge is -2.20. The van der Waals surface area contributed by atoms with Gasteiger partial charge in [-0.25, -0.2) is 0 Å². The Balaban J connectivity index is 1.46. The standard InChI is InChI=1S/C32H49N/c1-2-3-4-5-6-7-8-9-10-11-12-13-14-15-16-17-18-25-30-33(31-26-21-19-22-27-31)32-28-23-20-24-29-32/h19-30H,2-18H2,1H3. The molecule has 0 aliphatic rings. The molecule has 0 bridgehead atoms. The van der Waals surface area contributed by atoms with Gasteiger partial charge in [0, 0.05) is 17.6 Å². The number of allylic oxidation sites excluding steroid dienone is 1. The van der Waals surface area contributed by atoms with Gasteiger partial charge in [-0.3, -0.25) is 0 Å². The molecule has 0 fully saturated rings. The molecule has 0 amide bonds. The number of hydrogen-bond donors (Lipinski definition) is 0. The van der Waals surface area contributed by atoms with Gasteiger partial charge in [-0.1, -0.05) is 146 Å². The summed E-state index contributed by atoms with van der Waals surface area (Å²) in [5.74, 6) is 0. The molecule has 0 heterocycles. The molecule has 0 N–H and O–H groups in total. The van der Waals surface area contributed by atoms with E-state index in [1.165, 1.54) is 114 Å². The topological polar surface area (TPSA) is 3.24 Å². The molecular formula is C32H49N. The predicted molar refractivity (Wildman–Crippen MR) is 148 cm³/mol. The van der Waals surface area contributed by atoms with Gasteiger partial charge < -0.3 is 4.90 Å². The van der Waals surface area contributed by atoms with E-state index in [2.05, 4.69) is 84.8 Å². The smallest absolute Gasteiger partial charge is 0.0455 e. The van der Waals surface area contributed by atoms with E-state index in [0.717, 1.165) is 6.42 Å². The summed E-state index contributed by atoms with van der Waals surface area (Å²) < 4.78 is 0. The van der Waals surface area contributed by atoms with Gasteiger partial charge in [0.15, 0.2) is 0 Å². The summed E-state index contributed by atoms with van der Waals surface area (Å²) in [7, 11) is 0. The third-order valence-electron chi connectivity index (χ3n) is 6.55. The molecule has 0 aliphatic heterocycles. The van der Waals surface area contributed by atoms with E-state index in [4.69, 9.17) is 0 Å². The van der Waals surface area contributed by atoms with Crippen molar-refractivity contribution in [3.63, 3.8) is 0 Å². The SMILES string of the molecule is CCCCCCCCCCCCCCCCCCC=CN(c1ccccc1)c1ccccc1. The Labute approximate surface area is 205 Å². The summed E-state index contributed by atoms with van der Waals surface area (Å²) in [5, 5.41) is 0. The summed E-state index contributed by atoms with van der Waals surface area (Å²) in [4.78, 5) is 2.28. The molecule has 1 nitrogen and oxygen atoms in total. The fourth-order valence-electron chi connectivity index (χ4n) is 4.49. The molecule has 0 aromatic heterocycles. The summed E-state index contributed by atoms with van der Waals surface area (Å²) in [6.45, 7) is 2.30. The van der Waals surface area contributed by atoms with Gasteiger partial charge in [0.25, 0.3) is 0 Å². The van der Waals surface area contributed by atoms with Crippen LogP contribution >= 0.6 is 0 Å². The molecule has 0 saturated carbocycles. The molecule has 0 saturated heterocycles. The zero-order chi connectivity index (χ0) is 23.2. The minimum atomic E-state index is 1.16. The van der Waals surface area contributed by atoms with Gasteiger partial charge in [0.05, 0.1) is 0 Å². The van der Waals surface area contributed by atoms with Crippen LogP contribution in [0.2, 0.25) is 0 Å². The maximum absolute atomic E-state index is 2.34. The van der Waals surface area contributed by atoms with Crippen LogP contribution in [0.3, 0.4) is 0 Å². The summed E-state index contributed by atoms with van der Waals surface area (Å²) in [5.41, 5.74) is 2.43. The lowest BCUT2D eigenvalue weighted by atomic mass is 10.0. The van der Waals surface area contributed by atoms with Crippen molar-refractivity contribution in [1.29, 1.82) is 0 Å². The Morgan fingerprint density at radius 3 is 1.24 bits per heavy atom. The predicted octanol–water partition coefficient (Wildman–Crippen LogP) is 11.0. The summed E-state index contributed by atoms with van der Waals surface area (Å²) in [6.07, 6.45) is 28.6. The Hall–Kier alpha value is -2.02. The monoisotopic (exact) mass is 447 g/mol. The van der Waals surface area contributed by atoms with Crippen molar-refractivity contribution < 1.29 is 0 Å². The van der Waals surface area contributed by atoms with E-state index in [1.807, 2.05) is 0 Å². The van der Waals surface area contributed by atoms with Crippen LogP contribution in [0.1, 0.15) is 116 Å². The average molecular weight is 448 g/mol. The first-order chi connectivity index (χ1) is 16.4. The van der Waals surface area contributed by atoms with Crippen LogP contribution in [0, 0.1) is 0 Å². The summed E-state index contributed by atoms with van der Waals surface area (Å²) >= 11 is 0. The number of para-hydroxylation sites is 2. The van der Waals surface area contributed by atoms with E-state index < -0.39 is 0 Å². The van der Waals surface area contributed by atoms with Crippen molar-refractivity contribution in [2.75, 3.05) is 4.90 Å². The molecule has 2 aromatic carbocycles. The zero-order valence-corrected chi connectivity index (χ0v) is 21.4. The third-order valence-corrected chi connectivity index (χ3v) is 6.55. The number of hydrogen-bond acceptors (Lipinski definition) is 1. The number of benzene rings is 2. The Kier molecular flexibility index (Phi) is 16.0. The highest BCUT2D eigenvalue weighted by Gasteiger charge is 2.04. The van der Waals surface area contributed by atoms with Gasteiger partial charge >= 0.3 is 0 Å². The molecule has 0 unspecified atom stereocenters. The van der Waals surface area contributed by atoms with Crippen LogP contribution in [0.25, 0.3) is 0 Å². The van der Waals surface area contributed by atoms with Gasteiger partial charge in [0.2, 0.25) is 0 Å². The largest absolute Gasteiger partial charge is 0.318 e. The number of nitrogens with zero attached hydrogens (tertiary/aromatic N) is 1. The second-order valence-corrected chi connectivity index (χ2v) is 9.52. The molecular weight excluding hydrogens is 398 g/mol. The van der Waals surface area contributed by atoms with Crippen LogP contribution in [0.5, 0.6) is 0 Å². The molecule has 0 spiro atoms. The zero-order valence-electron chi connectivity index (χ0n) is 21.4. The van der Waals surface area contributed by atoms with E-state index in [-0.39, 0.29) is 0 Å². The quantitative estimate of drug-likeness (QED) is 0.182. The fraction of sp³-hybridized carbons (Fsp3) is 0.562. The molecule has 2 rings (SSSR count). The van der Waals surface area contributed by atoms with Crippen LogP contribution in [0.15, 0.2) is 72.9 Å². The van der Waals surface area contributed by atoms with Crippen molar-refractivity contribution in [3.8, 4) is 0 Å². The van der Waals surface area contributed by atoms with Crippen molar-refractivity contribution in [2.24, 2.45) is 0 Å². The lowest BCUT2D eigenvalue weighted by Crippen LogP contribution is -2.07. The molecule has 0 radical (unpaired) electrons. The Bertz CT molecular complexity index is 651. The van der Waals surface area contributed by atoms with E-state index >= 15 is 0 Å². The van der Waals surface area contributed by atoms with Gasteiger partial charge in [-0.05, 0) is 37.1 Å². The molecule has 33 heavy (non-hydrogen) atoms. The van der Waals surface area contributed by atoms with Crippen molar-refractivity contribution >= 4 is 11.4 Å². The second-order valence-electron chi connectivity index (χ2n) is 9.52. The van der Waals surface area contributed by atoms with Crippen LogP contribution in [0.4, 0.5) is 11.4 Å². The molecule has 182 valence electrons. The van der Waals surface area contributed by atoms with E-state index in [1.54, 1.807) is 0 Å². The third kappa shape index (κ3) is 13.3. The first-order valence-corrected chi connectivity index (χ1v) is 14.0. The molecule has 0 aliphatic carbocycles. The lowest BCUT2D eigenvalue weighted by molar-refractivity contribution is 0.530. The van der Waals surface area contributed by atoms with Crippen LogP contribution in [-0.2, 0) is 0 Å². The van der Waals surface area contributed by atoms with Crippen LogP contribution in [-0.4, -0.2) is 0 Å². The number of rotatable bonds is 20. The molecule has 2 aromatic rings. The maximum Gasteiger partial charge on any atom is 0.0455 e. The average Bonchev–Trinajstić information content (AvgIpc) is 2.86. The Morgan fingerprint density at radius 1 is 0.485 bits per heavy atom. The van der Waals surface area contributed by atoms with E-state index in [0.29, 0.717) is 0 Å². The molecule has 0 atom stereocenters. The molecule has 1 heteroatoms. The van der Waals surface area contributed by atoms with Gasteiger partial charge in [-0.2, -0.15) is 0 Å². The minimum Gasteiger partial charge on any atom is -0.318 e. The highest BCUT2D eigenvalue weighted by atomic mass is 15.1. The first kappa shape index (κ1) is 27.2. The van der Waals surface area contributed by atoms with Crippen molar-refractivity contribution in [3.05, 3.63) is 72.9 Å². The Morgan fingerprint density at radius 2 is 0.848 bits per heavy atom. The van der Waals surface area contributed by atoms with Crippen molar-refractivity contribution in [2.45, 2.75) is 116 Å². The number of anilines is 2. The van der Waals surface area contributed by atoms with Crippen LogP contribution < -0.4 is 4.90 Å². The van der Waals surface area contributed by atoms with Gasteiger partial charge in [-0.15, -0.1) is 0 Å². The highest BCUT2D eigenvalue weighted by molar-refractivity contribution is 5.65. The normalized spacial score (nSPS) is 11.3. The van der Waals surface area contributed by atoms with Crippen molar-refractivity contribution in [1.82, 2.24) is 0 Å². The second kappa shape index (κ2) is 19.4. The summed E-state index contributed by atoms with van der Waals surface area (Å²) in [6, 6.07) is 21.3. The number of unbranched alkanes of at least 4 members (excludes halogenated alkanes) is 16. The maximum atomic E-state index is 2.34. The minimum absolute atomic E-state index is 1.16. The van der Waals surface area contributed by atoms with Gasteiger partial charge in [0.1, 0.15) is 0 Å². The fourth-order valence-corrected chi connectivity index (χ4v) is 4.49. The highest BCUT2D eigenvalue weighted by Crippen LogP contribution is 2.25. The van der Waals surface area contributed by atoms with E-state index in [9.17, 15) is 0 Å².